The van der Waals surface area contributed by atoms with E-state index in [1.165, 1.54) is 0 Å². The van der Waals surface area contributed by atoms with Gasteiger partial charge in [-0.3, -0.25) is 9.78 Å². The topological polar surface area (TPSA) is 59.2 Å². The number of thiocarbonyl (C=S) groups is 1. The van der Waals surface area contributed by atoms with E-state index in [0.717, 1.165) is 11.1 Å². The standard InChI is InChI=1S/C15H15N3OS/c1-18(15(19)12-5-7-17-8-6-12)10-11-3-2-4-13(9-11)14(16)20/h2-9H,10H2,1H3,(H2,16,20). The second-order valence-corrected chi connectivity index (χ2v) is 4.90. The van der Waals surface area contributed by atoms with Gasteiger partial charge in [-0.05, 0) is 23.8 Å². The summed E-state index contributed by atoms with van der Waals surface area (Å²) in [5.41, 5.74) is 8.02. The molecule has 1 amide bonds. The fourth-order valence-corrected chi connectivity index (χ4v) is 2.01. The number of nitrogens with zero attached hydrogens (tertiary/aromatic N) is 2. The lowest BCUT2D eigenvalue weighted by molar-refractivity contribution is 0.0785. The van der Waals surface area contributed by atoms with Crippen molar-refractivity contribution in [3.8, 4) is 0 Å². The van der Waals surface area contributed by atoms with E-state index in [4.69, 9.17) is 18.0 Å². The molecular formula is C15H15N3OS. The first kappa shape index (κ1) is 14.1. The molecule has 0 aliphatic rings. The maximum absolute atomic E-state index is 12.2. The summed E-state index contributed by atoms with van der Waals surface area (Å²) in [5, 5.41) is 0. The van der Waals surface area contributed by atoms with Gasteiger partial charge in [-0.2, -0.15) is 0 Å². The number of pyridine rings is 1. The Kier molecular flexibility index (Phi) is 4.42. The summed E-state index contributed by atoms with van der Waals surface area (Å²) in [6, 6.07) is 11.0. The van der Waals surface area contributed by atoms with Crippen molar-refractivity contribution in [3.05, 3.63) is 65.5 Å². The molecule has 0 saturated carbocycles. The molecule has 0 aliphatic heterocycles. The molecule has 5 heteroatoms. The molecule has 0 bridgehead atoms. The first-order chi connectivity index (χ1) is 9.58. The Hall–Kier alpha value is -2.27. The summed E-state index contributed by atoms with van der Waals surface area (Å²) in [7, 11) is 1.76. The smallest absolute Gasteiger partial charge is 0.254 e. The summed E-state index contributed by atoms with van der Waals surface area (Å²) < 4.78 is 0. The number of nitrogens with two attached hydrogens (primary N) is 1. The Bertz CT molecular complexity index is 628. The van der Waals surface area contributed by atoms with Crippen LogP contribution in [0, 0.1) is 0 Å². The number of benzene rings is 1. The van der Waals surface area contributed by atoms with Crippen LogP contribution >= 0.6 is 12.2 Å². The molecule has 1 aromatic heterocycles. The predicted octanol–water partition coefficient (Wildman–Crippen LogP) is 1.99. The molecule has 102 valence electrons. The van der Waals surface area contributed by atoms with Crippen LogP contribution in [0.4, 0.5) is 0 Å². The van der Waals surface area contributed by atoms with Crippen LogP contribution in [0.15, 0.2) is 48.8 Å². The van der Waals surface area contributed by atoms with Gasteiger partial charge in [-0.25, -0.2) is 0 Å². The molecule has 0 radical (unpaired) electrons. The minimum atomic E-state index is -0.0480. The van der Waals surface area contributed by atoms with Gasteiger partial charge in [0.15, 0.2) is 0 Å². The Morgan fingerprint density at radius 3 is 2.60 bits per heavy atom. The van der Waals surface area contributed by atoms with E-state index in [-0.39, 0.29) is 5.91 Å². The Morgan fingerprint density at radius 1 is 1.25 bits per heavy atom. The van der Waals surface area contributed by atoms with E-state index < -0.39 is 0 Å². The Morgan fingerprint density at radius 2 is 1.95 bits per heavy atom. The third kappa shape index (κ3) is 3.39. The summed E-state index contributed by atoms with van der Waals surface area (Å²) >= 11 is 4.95. The van der Waals surface area contributed by atoms with Crippen molar-refractivity contribution in [2.24, 2.45) is 5.73 Å². The quantitative estimate of drug-likeness (QED) is 0.873. The lowest BCUT2D eigenvalue weighted by atomic mass is 10.1. The monoisotopic (exact) mass is 285 g/mol. The van der Waals surface area contributed by atoms with Gasteiger partial charge in [-0.15, -0.1) is 0 Å². The van der Waals surface area contributed by atoms with Crippen molar-refractivity contribution in [1.29, 1.82) is 0 Å². The maximum Gasteiger partial charge on any atom is 0.254 e. The maximum atomic E-state index is 12.2. The van der Waals surface area contributed by atoms with Crippen LogP contribution in [0.3, 0.4) is 0 Å². The zero-order chi connectivity index (χ0) is 14.5. The zero-order valence-corrected chi connectivity index (χ0v) is 11.9. The third-order valence-corrected chi connectivity index (χ3v) is 3.14. The Labute approximate surface area is 123 Å². The van der Waals surface area contributed by atoms with Crippen LogP contribution in [0.5, 0.6) is 0 Å². The van der Waals surface area contributed by atoms with Gasteiger partial charge >= 0.3 is 0 Å². The molecule has 0 unspecified atom stereocenters. The van der Waals surface area contributed by atoms with Crippen molar-refractivity contribution in [3.63, 3.8) is 0 Å². The number of carbonyl (C=O) groups is 1. The molecule has 0 aliphatic carbocycles. The van der Waals surface area contributed by atoms with Gasteiger partial charge in [-0.1, -0.05) is 30.4 Å². The van der Waals surface area contributed by atoms with Gasteiger partial charge in [0.2, 0.25) is 0 Å². The molecule has 1 heterocycles. The van der Waals surface area contributed by atoms with Gasteiger partial charge in [0.1, 0.15) is 4.99 Å². The fraction of sp³-hybridized carbons (Fsp3) is 0.133. The van der Waals surface area contributed by atoms with Gasteiger partial charge < -0.3 is 10.6 Å². The summed E-state index contributed by atoms with van der Waals surface area (Å²) in [4.78, 5) is 18.1. The first-order valence-electron chi connectivity index (χ1n) is 6.12. The molecular weight excluding hydrogens is 270 g/mol. The van der Waals surface area contributed by atoms with Gasteiger partial charge in [0.05, 0.1) is 0 Å². The highest BCUT2D eigenvalue weighted by Gasteiger charge is 2.11. The normalized spacial score (nSPS) is 10.1. The minimum Gasteiger partial charge on any atom is -0.389 e. The van der Waals surface area contributed by atoms with Crippen molar-refractivity contribution >= 4 is 23.1 Å². The zero-order valence-electron chi connectivity index (χ0n) is 11.1. The van der Waals surface area contributed by atoms with Crippen LogP contribution in [-0.4, -0.2) is 27.8 Å². The van der Waals surface area contributed by atoms with Crippen molar-refractivity contribution in [2.45, 2.75) is 6.54 Å². The molecule has 20 heavy (non-hydrogen) atoms. The number of carbonyl (C=O) groups excluding carboxylic acids is 1. The van der Waals surface area contributed by atoms with E-state index >= 15 is 0 Å². The average molecular weight is 285 g/mol. The predicted molar refractivity (Wildman–Crippen MR) is 82.4 cm³/mol. The first-order valence-corrected chi connectivity index (χ1v) is 6.53. The van der Waals surface area contributed by atoms with Gasteiger partial charge in [0.25, 0.3) is 5.91 Å². The lowest BCUT2D eigenvalue weighted by Gasteiger charge is -2.17. The van der Waals surface area contributed by atoms with Crippen LogP contribution in [0.1, 0.15) is 21.5 Å². The van der Waals surface area contributed by atoms with E-state index in [9.17, 15) is 4.79 Å². The molecule has 2 aromatic rings. The molecule has 0 fully saturated rings. The van der Waals surface area contributed by atoms with E-state index in [1.54, 1.807) is 36.5 Å². The van der Waals surface area contributed by atoms with E-state index in [0.29, 0.717) is 17.1 Å². The highest BCUT2D eigenvalue weighted by Crippen LogP contribution is 2.10. The molecule has 1 aromatic carbocycles. The average Bonchev–Trinajstić information content (AvgIpc) is 2.47. The fourth-order valence-electron chi connectivity index (χ4n) is 1.88. The number of hydrogen-bond acceptors (Lipinski definition) is 3. The highest BCUT2D eigenvalue weighted by atomic mass is 32.1. The molecule has 2 rings (SSSR count). The minimum absolute atomic E-state index is 0.0480. The lowest BCUT2D eigenvalue weighted by Crippen LogP contribution is -2.26. The van der Waals surface area contributed by atoms with E-state index in [2.05, 4.69) is 4.98 Å². The molecule has 0 saturated heterocycles. The molecule has 2 N–H and O–H groups in total. The highest BCUT2D eigenvalue weighted by molar-refractivity contribution is 7.80. The molecule has 0 atom stereocenters. The number of aromatic nitrogens is 1. The summed E-state index contributed by atoms with van der Waals surface area (Å²) in [5.74, 6) is -0.0480. The second-order valence-electron chi connectivity index (χ2n) is 4.46. The van der Waals surface area contributed by atoms with Crippen LogP contribution < -0.4 is 5.73 Å². The number of rotatable bonds is 4. The van der Waals surface area contributed by atoms with Gasteiger partial charge in [0, 0.05) is 37.1 Å². The molecule has 0 spiro atoms. The van der Waals surface area contributed by atoms with Crippen LogP contribution in [0.25, 0.3) is 0 Å². The van der Waals surface area contributed by atoms with Crippen LogP contribution in [0.2, 0.25) is 0 Å². The Balaban J connectivity index is 2.12. The summed E-state index contributed by atoms with van der Waals surface area (Å²) in [6.45, 7) is 0.498. The van der Waals surface area contributed by atoms with Crippen molar-refractivity contribution in [2.75, 3.05) is 7.05 Å². The van der Waals surface area contributed by atoms with Crippen LogP contribution in [-0.2, 0) is 6.54 Å². The molecule has 4 nitrogen and oxygen atoms in total. The third-order valence-electron chi connectivity index (χ3n) is 2.91. The largest absolute Gasteiger partial charge is 0.389 e. The summed E-state index contributed by atoms with van der Waals surface area (Å²) in [6.07, 6.45) is 3.21. The number of hydrogen-bond donors (Lipinski definition) is 1. The SMILES string of the molecule is CN(Cc1cccc(C(N)=S)c1)C(=O)c1ccncc1. The van der Waals surface area contributed by atoms with Crippen molar-refractivity contribution in [1.82, 2.24) is 9.88 Å². The van der Waals surface area contributed by atoms with E-state index in [1.807, 2.05) is 24.3 Å². The number of amides is 1. The second kappa shape index (κ2) is 6.25. The van der Waals surface area contributed by atoms with Crippen molar-refractivity contribution < 1.29 is 4.79 Å².